The molecule has 0 atom stereocenters. The highest BCUT2D eigenvalue weighted by Gasteiger charge is 2.16. The molecule has 2 rings (SSSR count). The van der Waals surface area contributed by atoms with Crippen molar-refractivity contribution in [2.75, 3.05) is 11.5 Å². The lowest BCUT2D eigenvalue weighted by Gasteiger charge is -2.01. The average molecular weight is 167 g/mol. The second kappa shape index (κ2) is 2.37. The van der Waals surface area contributed by atoms with Crippen LogP contribution in [0.4, 0.5) is 5.95 Å². The van der Waals surface area contributed by atoms with Gasteiger partial charge in [0, 0.05) is 17.0 Å². The third-order valence-electron chi connectivity index (χ3n) is 1.78. The number of nitrogen functional groups attached to an aromatic ring is 1. The Hall–Kier alpha value is -0.770. The number of nitrogens with two attached hydrogens (primary N) is 1. The van der Waals surface area contributed by atoms with Crippen molar-refractivity contribution in [1.29, 1.82) is 0 Å². The Bertz CT molecular complexity index is 298. The van der Waals surface area contributed by atoms with Crippen LogP contribution in [0.5, 0.6) is 0 Å². The lowest BCUT2D eigenvalue weighted by atomic mass is 10.2. The zero-order valence-corrected chi connectivity index (χ0v) is 7.11. The summed E-state index contributed by atoms with van der Waals surface area (Å²) in [7, 11) is 0. The fraction of sp³-hybridized carbons (Fsp3) is 0.429. The number of thioether (sulfide) groups is 1. The number of aryl methyl sites for hydroxylation is 1. The van der Waals surface area contributed by atoms with Gasteiger partial charge in [-0.3, -0.25) is 0 Å². The van der Waals surface area contributed by atoms with Gasteiger partial charge in [-0.2, -0.15) is 0 Å². The standard InChI is InChI=1S/C7H9N3S/c1-4-5-2-3-11-6(5)10-7(8)9-4/h2-3H2,1H3,(H2,8,9,10). The maximum Gasteiger partial charge on any atom is 0.221 e. The summed E-state index contributed by atoms with van der Waals surface area (Å²) in [6, 6.07) is 0. The largest absolute Gasteiger partial charge is 0.368 e. The van der Waals surface area contributed by atoms with E-state index in [-0.39, 0.29) is 0 Å². The predicted octanol–water partition coefficient (Wildman–Crippen LogP) is 1.02. The molecule has 58 valence electrons. The summed E-state index contributed by atoms with van der Waals surface area (Å²) >= 11 is 1.77. The predicted molar refractivity (Wildman–Crippen MR) is 45.6 cm³/mol. The van der Waals surface area contributed by atoms with Crippen LogP contribution < -0.4 is 5.73 Å². The minimum absolute atomic E-state index is 0.399. The second-order valence-electron chi connectivity index (χ2n) is 2.55. The van der Waals surface area contributed by atoms with Crippen molar-refractivity contribution >= 4 is 17.7 Å². The van der Waals surface area contributed by atoms with E-state index in [1.807, 2.05) is 6.92 Å². The minimum atomic E-state index is 0.399. The quantitative estimate of drug-likeness (QED) is 0.586. The highest BCUT2D eigenvalue weighted by atomic mass is 32.2. The number of fused-ring (bicyclic) bond motifs is 1. The van der Waals surface area contributed by atoms with E-state index in [0.29, 0.717) is 5.95 Å². The average Bonchev–Trinajstić information content (AvgIpc) is 2.34. The van der Waals surface area contributed by atoms with E-state index in [1.165, 1.54) is 5.56 Å². The molecule has 1 aromatic heterocycles. The third kappa shape index (κ3) is 1.07. The van der Waals surface area contributed by atoms with Crippen LogP contribution in [0.1, 0.15) is 11.3 Å². The first-order chi connectivity index (χ1) is 5.27. The Balaban J connectivity index is 2.60. The summed E-state index contributed by atoms with van der Waals surface area (Å²) in [6.45, 7) is 1.99. The highest BCUT2D eigenvalue weighted by Crippen LogP contribution is 2.30. The Morgan fingerprint density at radius 1 is 1.45 bits per heavy atom. The van der Waals surface area contributed by atoms with Crippen molar-refractivity contribution in [2.24, 2.45) is 0 Å². The van der Waals surface area contributed by atoms with Crippen LogP contribution in [-0.4, -0.2) is 15.7 Å². The van der Waals surface area contributed by atoms with E-state index in [4.69, 9.17) is 5.73 Å². The fourth-order valence-corrected chi connectivity index (χ4v) is 2.33. The molecule has 3 nitrogen and oxygen atoms in total. The molecule has 1 aliphatic rings. The molecule has 0 unspecified atom stereocenters. The summed E-state index contributed by atoms with van der Waals surface area (Å²) in [5.41, 5.74) is 7.82. The first kappa shape index (κ1) is 6.91. The van der Waals surface area contributed by atoms with Crippen LogP contribution in [0.3, 0.4) is 0 Å². The van der Waals surface area contributed by atoms with Crippen LogP contribution in [-0.2, 0) is 6.42 Å². The van der Waals surface area contributed by atoms with Crippen LogP contribution in [0, 0.1) is 6.92 Å². The Kier molecular flexibility index (Phi) is 1.49. The molecule has 0 radical (unpaired) electrons. The summed E-state index contributed by atoms with van der Waals surface area (Å²) in [5.74, 6) is 1.52. The molecular formula is C7H9N3S. The molecule has 2 heterocycles. The van der Waals surface area contributed by atoms with E-state index >= 15 is 0 Å². The number of hydrogen-bond donors (Lipinski definition) is 1. The minimum Gasteiger partial charge on any atom is -0.368 e. The lowest BCUT2D eigenvalue weighted by molar-refractivity contribution is 0.955. The van der Waals surface area contributed by atoms with Crippen LogP contribution in [0.25, 0.3) is 0 Å². The molecule has 0 amide bonds. The van der Waals surface area contributed by atoms with Crippen molar-refractivity contribution < 1.29 is 0 Å². The third-order valence-corrected chi connectivity index (χ3v) is 2.80. The molecule has 0 saturated carbocycles. The van der Waals surface area contributed by atoms with E-state index in [0.717, 1.165) is 22.9 Å². The SMILES string of the molecule is Cc1nc(N)nc2c1CCS2. The monoisotopic (exact) mass is 167 g/mol. The second-order valence-corrected chi connectivity index (χ2v) is 3.63. The first-order valence-electron chi connectivity index (χ1n) is 3.53. The van der Waals surface area contributed by atoms with Crippen LogP contribution in [0.15, 0.2) is 5.03 Å². The zero-order valence-electron chi connectivity index (χ0n) is 6.29. The molecule has 1 aliphatic heterocycles. The number of aromatic nitrogens is 2. The van der Waals surface area contributed by atoms with Crippen molar-refractivity contribution in [1.82, 2.24) is 9.97 Å². The molecule has 0 fully saturated rings. The maximum absolute atomic E-state index is 5.50. The van der Waals surface area contributed by atoms with E-state index in [9.17, 15) is 0 Å². The van der Waals surface area contributed by atoms with Crippen molar-refractivity contribution in [3.8, 4) is 0 Å². The van der Waals surface area contributed by atoms with Crippen molar-refractivity contribution in [3.63, 3.8) is 0 Å². The van der Waals surface area contributed by atoms with Gasteiger partial charge in [0.2, 0.25) is 5.95 Å². The van der Waals surface area contributed by atoms with Gasteiger partial charge in [-0.05, 0) is 13.3 Å². The van der Waals surface area contributed by atoms with E-state index in [2.05, 4.69) is 9.97 Å². The number of hydrogen-bond acceptors (Lipinski definition) is 4. The normalized spacial score (nSPS) is 15.0. The van der Waals surface area contributed by atoms with Gasteiger partial charge in [-0.25, -0.2) is 9.97 Å². The summed E-state index contributed by atoms with van der Waals surface area (Å²) in [5, 5.41) is 1.08. The van der Waals surface area contributed by atoms with Gasteiger partial charge in [0.1, 0.15) is 5.03 Å². The van der Waals surface area contributed by atoms with E-state index in [1.54, 1.807) is 11.8 Å². The van der Waals surface area contributed by atoms with Gasteiger partial charge in [0.25, 0.3) is 0 Å². The molecule has 2 N–H and O–H groups in total. The van der Waals surface area contributed by atoms with E-state index < -0.39 is 0 Å². The molecule has 4 heteroatoms. The topological polar surface area (TPSA) is 51.8 Å². The van der Waals surface area contributed by atoms with Gasteiger partial charge < -0.3 is 5.73 Å². The highest BCUT2D eigenvalue weighted by molar-refractivity contribution is 7.99. The van der Waals surface area contributed by atoms with Gasteiger partial charge in [-0.15, -0.1) is 11.8 Å². The maximum atomic E-state index is 5.50. The molecule has 0 spiro atoms. The van der Waals surface area contributed by atoms with Gasteiger partial charge in [-0.1, -0.05) is 0 Å². The van der Waals surface area contributed by atoms with Gasteiger partial charge in [0.05, 0.1) is 0 Å². The number of anilines is 1. The van der Waals surface area contributed by atoms with Gasteiger partial charge >= 0.3 is 0 Å². The van der Waals surface area contributed by atoms with Crippen LogP contribution >= 0.6 is 11.8 Å². The summed E-state index contributed by atoms with van der Waals surface area (Å²) < 4.78 is 0. The molecule has 0 saturated heterocycles. The zero-order chi connectivity index (χ0) is 7.84. The Morgan fingerprint density at radius 2 is 2.27 bits per heavy atom. The number of rotatable bonds is 0. The summed E-state index contributed by atoms with van der Waals surface area (Å²) in [4.78, 5) is 8.24. The number of nitrogens with zero attached hydrogens (tertiary/aromatic N) is 2. The molecule has 0 bridgehead atoms. The van der Waals surface area contributed by atoms with Gasteiger partial charge in [0.15, 0.2) is 0 Å². The lowest BCUT2D eigenvalue weighted by Crippen LogP contribution is -2.00. The van der Waals surface area contributed by atoms with Crippen molar-refractivity contribution in [2.45, 2.75) is 18.4 Å². The molecular weight excluding hydrogens is 158 g/mol. The Labute approximate surface area is 69.4 Å². The smallest absolute Gasteiger partial charge is 0.221 e. The van der Waals surface area contributed by atoms with Crippen molar-refractivity contribution in [3.05, 3.63) is 11.3 Å². The molecule has 1 aromatic rings. The summed E-state index contributed by atoms with van der Waals surface area (Å²) in [6.07, 6.45) is 1.09. The molecule has 0 aromatic carbocycles. The Morgan fingerprint density at radius 3 is 3.09 bits per heavy atom. The first-order valence-corrected chi connectivity index (χ1v) is 4.52. The molecule has 0 aliphatic carbocycles. The molecule has 11 heavy (non-hydrogen) atoms. The van der Waals surface area contributed by atoms with Crippen LogP contribution in [0.2, 0.25) is 0 Å². The fourth-order valence-electron chi connectivity index (χ4n) is 1.25.